The summed E-state index contributed by atoms with van der Waals surface area (Å²) in [5.74, 6) is -0.733. The van der Waals surface area contributed by atoms with Crippen LogP contribution < -0.4 is 10.6 Å². The van der Waals surface area contributed by atoms with E-state index in [-0.39, 0.29) is 24.0 Å². The Labute approximate surface area is 148 Å². The van der Waals surface area contributed by atoms with Crippen molar-refractivity contribution < 1.29 is 19.1 Å². The third-order valence-electron chi connectivity index (χ3n) is 3.51. The number of anilines is 1. The van der Waals surface area contributed by atoms with Gasteiger partial charge in [0.15, 0.2) is 6.61 Å². The number of benzene rings is 2. The molecule has 1 heterocycles. The molecule has 0 spiro atoms. The Morgan fingerprint density at radius 2 is 1.96 bits per heavy atom. The molecule has 2 aromatic carbocycles. The third-order valence-corrected chi connectivity index (χ3v) is 4.59. The quantitative estimate of drug-likeness (QED) is 0.803. The van der Waals surface area contributed by atoms with E-state index >= 15 is 0 Å². The van der Waals surface area contributed by atoms with E-state index in [0.717, 1.165) is 10.5 Å². The SMILES string of the molecule is O=C(COC(=O)c1ccc2c(c1)NC(=O)CS2)NCc1ccccc1. The number of hydrogen-bond acceptors (Lipinski definition) is 5. The zero-order chi connectivity index (χ0) is 17.6. The van der Waals surface area contributed by atoms with Crippen LogP contribution in [0.4, 0.5) is 5.69 Å². The van der Waals surface area contributed by atoms with Gasteiger partial charge >= 0.3 is 5.97 Å². The molecule has 0 radical (unpaired) electrons. The van der Waals surface area contributed by atoms with E-state index in [9.17, 15) is 14.4 Å². The predicted molar refractivity (Wildman–Crippen MR) is 94.4 cm³/mol. The maximum Gasteiger partial charge on any atom is 0.338 e. The summed E-state index contributed by atoms with van der Waals surface area (Å²) in [5.41, 5.74) is 1.84. The molecule has 6 nitrogen and oxygen atoms in total. The van der Waals surface area contributed by atoms with Crippen molar-refractivity contribution in [3.63, 3.8) is 0 Å². The van der Waals surface area contributed by atoms with Crippen LogP contribution in [-0.4, -0.2) is 30.1 Å². The molecular formula is C18H16N2O4S. The molecule has 7 heteroatoms. The topological polar surface area (TPSA) is 84.5 Å². The van der Waals surface area contributed by atoms with Crippen LogP contribution in [0, 0.1) is 0 Å². The number of fused-ring (bicyclic) bond motifs is 1. The number of carbonyl (C=O) groups excluding carboxylic acids is 3. The fourth-order valence-electron chi connectivity index (χ4n) is 2.27. The van der Waals surface area contributed by atoms with Crippen molar-refractivity contribution in [3.05, 3.63) is 59.7 Å². The minimum atomic E-state index is -0.609. The Kier molecular flexibility index (Phi) is 5.35. The second-order valence-corrected chi connectivity index (χ2v) is 6.40. The number of carbonyl (C=O) groups is 3. The Balaban J connectivity index is 1.51. The lowest BCUT2D eigenvalue weighted by atomic mass is 10.2. The van der Waals surface area contributed by atoms with Crippen LogP contribution in [0.25, 0.3) is 0 Å². The van der Waals surface area contributed by atoms with Gasteiger partial charge in [-0.2, -0.15) is 0 Å². The molecule has 0 fully saturated rings. The lowest BCUT2D eigenvalue weighted by Crippen LogP contribution is -2.28. The number of rotatable bonds is 5. The summed E-state index contributed by atoms with van der Waals surface area (Å²) in [5, 5.41) is 5.40. The first kappa shape index (κ1) is 17.0. The van der Waals surface area contributed by atoms with Gasteiger partial charge in [-0.05, 0) is 23.8 Å². The number of thioether (sulfide) groups is 1. The molecule has 0 saturated carbocycles. The Morgan fingerprint density at radius 1 is 1.16 bits per heavy atom. The molecule has 2 N–H and O–H groups in total. The second-order valence-electron chi connectivity index (χ2n) is 5.39. The highest BCUT2D eigenvalue weighted by Crippen LogP contribution is 2.32. The molecule has 0 aromatic heterocycles. The minimum absolute atomic E-state index is 0.108. The van der Waals surface area contributed by atoms with E-state index in [1.807, 2.05) is 30.3 Å². The first-order chi connectivity index (χ1) is 12.1. The van der Waals surface area contributed by atoms with Crippen LogP contribution in [0.1, 0.15) is 15.9 Å². The van der Waals surface area contributed by atoms with E-state index in [2.05, 4.69) is 10.6 Å². The standard InChI is InChI=1S/C18H16N2O4S/c21-16(19-9-12-4-2-1-3-5-12)10-24-18(23)13-6-7-15-14(8-13)20-17(22)11-25-15/h1-8H,9-11H2,(H,19,21)(H,20,22). The van der Waals surface area contributed by atoms with Gasteiger partial charge in [-0.25, -0.2) is 4.79 Å². The molecule has 2 aromatic rings. The Bertz CT molecular complexity index is 808. The first-order valence-corrected chi connectivity index (χ1v) is 8.65. The van der Waals surface area contributed by atoms with Crippen LogP contribution in [0.3, 0.4) is 0 Å². The zero-order valence-corrected chi connectivity index (χ0v) is 14.1. The minimum Gasteiger partial charge on any atom is -0.452 e. The fourth-order valence-corrected chi connectivity index (χ4v) is 3.06. The molecule has 1 aliphatic rings. The molecule has 2 amide bonds. The van der Waals surface area contributed by atoms with E-state index in [1.54, 1.807) is 18.2 Å². The summed E-state index contributed by atoms with van der Waals surface area (Å²) in [4.78, 5) is 36.2. The van der Waals surface area contributed by atoms with Gasteiger partial charge in [0.25, 0.3) is 5.91 Å². The Hall–Kier alpha value is -2.80. The van der Waals surface area contributed by atoms with Crippen molar-refractivity contribution in [3.8, 4) is 0 Å². The molecule has 0 aliphatic carbocycles. The second kappa shape index (κ2) is 7.85. The summed E-state index contributed by atoms with van der Waals surface area (Å²) < 4.78 is 5.03. The summed E-state index contributed by atoms with van der Waals surface area (Å²) >= 11 is 1.41. The summed E-state index contributed by atoms with van der Waals surface area (Å²) in [6.07, 6.45) is 0. The van der Waals surface area contributed by atoms with Gasteiger partial charge in [0.1, 0.15) is 0 Å². The molecule has 128 valence electrons. The molecule has 3 rings (SSSR count). The summed E-state index contributed by atoms with van der Waals surface area (Å²) in [6.45, 7) is 0.0170. The first-order valence-electron chi connectivity index (χ1n) is 7.66. The molecule has 0 saturated heterocycles. The highest BCUT2D eigenvalue weighted by atomic mass is 32.2. The van der Waals surface area contributed by atoms with Gasteiger partial charge in [0, 0.05) is 11.4 Å². The average molecular weight is 356 g/mol. The lowest BCUT2D eigenvalue weighted by molar-refractivity contribution is -0.124. The van der Waals surface area contributed by atoms with Gasteiger partial charge in [-0.1, -0.05) is 30.3 Å². The van der Waals surface area contributed by atoms with Gasteiger partial charge < -0.3 is 15.4 Å². The molecular weight excluding hydrogens is 340 g/mol. The molecule has 0 atom stereocenters. The van der Waals surface area contributed by atoms with Crippen LogP contribution in [0.2, 0.25) is 0 Å². The summed E-state index contributed by atoms with van der Waals surface area (Å²) in [6, 6.07) is 14.4. The predicted octanol–water partition coefficient (Wildman–Crippen LogP) is 2.20. The van der Waals surface area contributed by atoms with Crippen molar-refractivity contribution in [1.29, 1.82) is 0 Å². The van der Waals surface area contributed by atoms with E-state index in [0.29, 0.717) is 18.0 Å². The molecule has 0 unspecified atom stereocenters. The van der Waals surface area contributed by atoms with Crippen molar-refractivity contribution in [2.75, 3.05) is 17.7 Å². The largest absolute Gasteiger partial charge is 0.452 e. The van der Waals surface area contributed by atoms with Gasteiger partial charge in [0.05, 0.1) is 17.0 Å². The molecule has 25 heavy (non-hydrogen) atoms. The highest BCUT2D eigenvalue weighted by Gasteiger charge is 2.18. The van der Waals surface area contributed by atoms with Gasteiger partial charge in [-0.3, -0.25) is 9.59 Å². The fraction of sp³-hybridized carbons (Fsp3) is 0.167. The number of esters is 1. The smallest absolute Gasteiger partial charge is 0.338 e. The number of hydrogen-bond donors (Lipinski definition) is 2. The van der Waals surface area contributed by atoms with Crippen LogP contribution in [-0.2, 0) is 20.9 Å². The van der Waals surface area contributed by atoms with Gasteiger partial charge in [0.2, 0.25) is 5.91 Å². The van der Waals surface area contributed by atoms with Crippen molar-refractivity contribution in [2.45, 2.75) is 11.4 Å². The van der Waals surface area contributed by atoms with Crippen LogP contribution >= 0.6 is 11.8 Å². The maximum absolute atomic E-state index is 12.1. The average Bonchev–Trinajstić information content (AvgIpc) is 2.64. The lowest BCUT2D eigenvalue weighted by Gasteiger charge is -2.16. The van der Waals surface area contributed by atoms with E-state index in [1.165, 1.54) is 11.8 Å². The van der Waals surface area contributed by atoms with Crippen molar-refractivity contribution in [1.82, 2.24) is 5.32 Å². The van der Waals surface area contributed by atoms with Gasteiger partial charge in [-0.15, -0.1) is 11.8 Å². The number of nitrogens with one attached hydrogen (secondary N) is 2. The Morgan fingerprint density at radius 3 is 2.76 bits per heavy atom. The summed E-state index contributed by atoms with van der Waals surface area (Å²) in [7, 11) is 0. The van der Waals surface area contributed by atoms with E-state index < -0.39 is 5.97 Å². The molecule has 0 bridgehead atoms. The van der Waals surface area contributed by atoms with Crippen LogP contribution in [0.15, 0.2) is 53.4 Å². The normalized spacial score (nSPS) is 12.7. The number of ether oxygens (including phenoxy) is 1. The third kappa shape index (κ3) is 4.60. The number of amides is 2. The van der Waals surface area contributed by atoms with Crippen molar-refractivity contribution in [2.24, 2.45) is 0 Å². The monoisotopic (exact) mass is 356 g/mol. The van der Waals surface area contributed by atoms with Crippen LogP contribution in [0.5, 0.6) is 0 Å². The maximum atomic E-state index is 12.1. The zero-order valence-electron chi connectivity index (χ0n) is 13.3. The highest BCUT2D eigenvalue weighted by molar-refractivity contribution is 8.00. The molecule has 1 aliphatic heterocycles. The van der Waals surface area contributed by atoms with E-state index in [4.69, 9.17) is 4.74 Å². The van der Waals surface area contributed by atoms with Crippen molar-refractivity contribution >= 4 is 35.2 Å².